The predicted octanol–water partition coefficient (Wildman–Crippen LogP) is 1.02. The van der Waals surface area contributed by atoms with Crippen molar-refractivity contribution >= 4 is 23.3 Å². The fourth-order valence-corrected chi connectivity index (χ4v) is 1.72. The molecular formula is C11H13N3O2. The van der Waals surface area contributed by atoms with E-state index in [0.29, 0.717) is 11.4 Å². The van der Waals surface area contributed by atoms with E-state index in [1.807, 2.05) is 0 Å². The van der Waals surface area contributed by atoms with Gasteiger partial charge in [0.2, 0.25) is 0 Å². The Morgan fingerprint density at radius 1 is 1.38 bits per heavy atom. The van der Waals surface area contributed by atoms with Gasteiger partial charge in [0, 0.05) is 5.69 Å². The molecule has 1 unspecified atom stereocenters. The van der Waals surface area contributed by atoms with Crippen molar-refractivity contribution in [2.75, 3.05) is 10.6 Å². The predicted molar refractivity (Wildman–Crippen MR) is 61.1 cm³/mol. The summed E-state index contributed by atoms with van der Waals surface area (Å²) in [7, 11) is 0. The highest BCUT2D eigenvalue weighted by Crippen LogP contribution is 2.27. The Hall–Kier alpha value is -2.04. The standard InChI is InChI=1S/C11H13N3O2/c1-6-8(12)4-3-5-9(6)14-10(15)7(2)13-11(14)16/h3-5,7H,12H2,1-2H3,(H,13,16). The highest BCUT2D eigenvalue weighted by atomic mass is 16.2. The molecule has 1 aliphatic heterocycles. The molecule has 0 aliphatic carbocycles. The molecule has 3 N–H and O–H groups in total. The zero-order valence-corrected chi connectivity index (χ0v) is 9.15. The summed E-state index contributed by atoms with van der Waals surface area (Å²) in [5, 5.41) is 2.56. The van der Waals surface area contributed by atoms with Gasteiger partial charge in [-0.05, 0) is 31.5 Å². The van der Waals surface area contributed by atoms with Crippen LogP contribution in [0.3, 0.4) is 0 Å². The first-order valence-electron chi connectivity index (χ1n) is 5.02. The summed E-state index contributed by atoms with van der Waals surface area (Å²) < 4.78 is 0. The molecule has 1 fully saturated rings. The summed E-state index contributed by atoms with van der Waals surface area (Å²) in [6, 6.07) is 4.29. The molecule has 16 heavy (non-hydrogen) atoms. The van der Waals surface area contributed by atoms with Gasteiger partial charge in [-0.15, -0.1) is 0 Å². The second kappa shape index (κ2) is 3.52. The average Bonchev–Trinajstić information content (AvgIpc) is 2.47. The summed E-state index contributed by atoms with van der Waals surface area (Å²) in [5.41, 5.74) is 7.60. The Kier molecular flexibility index (Phi) is 2.30. The quantitative estimate of drug-likeness (QED) is 0.547. The summed E-state index contributed by atoms with van der Waals surface area (Å²) >= 11 is 0. The van der Waals surface area contributed by atoms with Crippen molar-refractivity contribution in [2.24, 2.45) is 0 Å². The molecule has 84 valence electrons. The molecule has 1 aromatic carbocycles. The van der Waals surface area contributed by atoms with Crippen molar-refractivity contribution in [1.82, 2.24) is 5.32 Å². The molecular weight excluding hydrogens is 206 g/mol. The summed E-state index contributed by atoms with van der Waals surface area (Å²) in [4.78, 5) is 24.5. The Balaban J connectivity index is 2.49. The number of nitrogens with one attached hydrogen (secondary N) is 1. The second-order valence-corrected chi connectivity index (χ2v) is 3.84. The van der Waals surface area contributed by atoms with Gasteiger partial charge in [0.1, 0.15) is 6.04 Å². The zero-order valence-electron chi connectivity index (χ0n) is 9.15. The van der Waals surface area contributed by atoms with Gasteiger partial charge in [-0.25, -0.2) is 9.69 Å². The second-order valence-electron chi connectivity index (χ2n) is 3.84. The van der Waals surface area contributed by atoms with Crippen LogP contribution in [0.15, 0.2) is 18.2 Å². The monoisotopic (exact) mass is 219 g/mol. The van der Waals surface area contributed by atoms with E-state index in [-0.39, 0.29) is 5.91 Å². The van der Waals surface area contributed by atoms with Gasteiger partial charge in [-0.2, -0.15) is 0 Å². The number of imide groups is 1. The van der Waals surface area contributed by atoms with E-state index in [9.17, 15) is 9.59 Å². The van der Waals surface area contributed by atoms with Crippen molar-refractivity contribution in [3.63, 3.8) is 0 Å². The van der Waals surface area contributed by atoms with Crippen molar-refractivity contribution < 1.29 is 9.59 Å². The molecule has 5 nitrogen and oxygen atoms in total. The number of urea groups is 1. The Bertz CT molecular complexity index is 470. The van der Waals surface area contributed by atoms with Crippen molar-refractivity contribution in [3.8, 4) is 0 Å². The molecule has 0 saturated carbocycles. The van der Waals surface area contributed by atoms with Crippen LogP contribution in [0.4, 0.5) is 16.2 Å². The van der Waals surface area contributed by atoms with Crippen LogP contribution in [0.5, 0.6) is 0 Å². The van der Waals surface area contributed by atoms with Crippen LogP contribution in [0, 0.1) is 6.92 Å². The van der Waals surface area contributed by atoms with Crippen LogP contribution in [-0.4, -0.2) is 18.0 Å². The van der Waals surface area contributed by atoms with Crippen LogP contribution in [0.2, 0.25) is 0 Å². The molecule has 5 heteroatoms. The third kappa shape index (κ3) is 1.41. The molecule has 1 heterocycles. The number of nitrogens with zero attached hydrogens (tertiary/aromatic N) is 1. The van der Waals surface area contributed by atoms with E-state index < -0.39 is 12.1 Å². The zero-order chi connectivity index (χ0) is 11.9. The van der Waals surface area contributed by atoms with E-state index >= 15 is 0 Å². The van der Waals surface area contributed by atoms with Gasteiger partial charge < -0.3 is 11.1 Å². The summed E-state index contributed by atoms with van der Waals surface area (Å²) in [6.07, 6.45) is 0. The van der Waals surface area contributed by atoms with Crippen molar-refractivity contribution in [3.05, 3.63) is 23.8 Å². The number of hydrogen-bond acceptors (Lipinski definition) is 3. The number of nitrogen functional groups attached to an aromatic ring is 1. The molecule has 1 atom stereocenters. The third-order valence-corrected chi connectivity index (χ3v) is 2.72. The lowest BCUT2D eigenvalue weighted by Crippen LogP contribution is -2.31. The average molecular weight is 219 g/mol. The van der Waals surface area contributed by atoms with E-state index in [2.05, 4.69) is 5.32 Å². The normalized spacial score (nSPS) is 20.1. The number of rotatable bonds is 1. The van der Waals surface area contributed by atoms with E-state index in [4.69, 9.17) is 5.73 Å². The Morgan fingerprint density at radius 3 is 2.62 bits per heavy atom. The number of nitrogens with two attached hydrogens (primary N) is 1. The van der Waals surface area contributed by atoms with Gasteiger partial charge in [0.05, 0.1) is 5.69 Å². The SMILES string of the molecule is Cc1c(N)cccc1N1C(=O)NC(C)C1=O. The molecule has 2 rings (SSSR count). The van der Waals surface area contributed by atoms with Gasteiger partial charge in [-0.3, -0.25) is 4.79 Å². The van der Waals surface area contributed by atoms with Gasteiger partial charge in [0.15, 0.2) is 0 Å². The van der Waals surface area contributed by atoms with E-state index in [1.54, 1.807) is 32.0 Å². The molecule has 0 aromatic heterocycles. The maximum Gasteiger partial charge on any atom is 0.329 e. The number of carbonyl (C=O) groups is 2. The first kappa shape index (κ1) is 10.5. The molecule has 3 amide bonds. The van der Waals surface area contributed by atoms with Crippen LogP contribution in [0.25, 0.3) is 0 Å². The fourth-order valence-electron chi connectivity index (χ4n) is 1.72. The summed E-state index contributed by atoms with van der Waals surface area (Å²) in [5.74, 6) is -0.251. The molecule has 1 aliphatic rings. The third-order valence-electron chi connectivity index (χ3n) is 2.72. The largest absolute Gasteiger partial charge is 0.398 e. The van der Waals surface area contributed by atoms with Crippen LogP contribution >= 0.6 is 0 Å². The summed E-state index contributed by atoms with van der Waals surface area (Å²) in [6.45, 7) is 3.44. The smallest absolute Gasteiger partial charge is 0.329 e. The first-order valence-corrected chi connectivity index (χ1v) is 5.02. The lowest BCUT2D eigenvalue weighted by atomic mass is 10.1. The van der Waals surface area contributed by atoms with Gasteiger partial charge in [0.25, 0.3) is 5.91 Å². The number of hydrogen-bond donors (Lipinski definition) is 2. The van der Waals surface area contributed by atoms with E-state index in [0.717, 1.165) is 10.5 Å². The maximum atomic E-state index is 11.8. The highest BCUT2D eigenvalue weighted by Gasteiger charge is 2.36. The lowest BCUT2D eigenvalue weighted by molar-refractivity contribution is -0.117. The molecule has 0 radical (unpaired) electrons. The molecule has 1 saturated heterocycles. The van der Waals surface area contributed by atoms with Crippen LogP contribution < -0.4 is 16.0 Å². The fraction of sp³-hybridized carbons (Fsp3) is 0.273. The van der Waals surface area contributed by atoms with Crippen molar-refractivity contribution in [2.45, 2.75) is 19.9 Å². The molecule has 0 spiro atoms. The minimum atomic E-state index is -0.478. The van der Waals surface area contributed by atoms with Crippen molar-refractivity contribution in [1.29, 1.82) is 0 Å². The number of anilines is 2. The van der Waals surface area contributed by atoms with Gasteiger partial charge in [-0.1, -0.05) is 6.07 Å². The van der Waals surface area contributed by atoms with E-state index in [1.165, 1.54) is 0 Å². The van der Waals surface area contributed by atoms with Gasteiger partial charge >= 0.3 is 6.03 Å². The number of amides is 3. The first-order chi connectivity index (χ1) is 7.52. The van der Waals surface area contributed by atoms with Crippen LogP contribution in [-0.2, 0) is 4.79 Å². The number of benzene rings is 1. The number of carbonyl (C=O) groups excluding carboxylic acids is 2. The minimum Gasteiger partial charge on any atom is -0.398 e. The lowest BCUT2D eigenvalue weighted by Gasteiger charge is -2.16. The maximum absolute atomic E-state index is 11.8. The highest BCUT2D eigenvalue weighted by molar-refractivity contribution is 6.21. The minimum absolute atomic E-state index is 0.251. The Morgan fingerprint density at radius 2 is 2.06 bits per heavy atom. The topological polar surface area (TPSA) is 75.4 Å². The Labute approximate surface area is 93.2 Å². The molecule has 0 bridgehead atoms. The van der Waals surface area contributed by atoms with Crippen LogP contribution in [0.1, 0.15) is 12.5 Å². The molecule has 1 aromatic rings.